The van der Waals surface area contributed by atoms with Gasteiger partial charge in [-0.3, -0.25) is 0 Å². The van der Waals surface area contributed by atoms with Gasteiger partial charge in [0.15, 0.2) is 5.79 Å². The number of hydrogen-bond donors (Lipinski definition) is 1. The number of aromatic nitrogens is 2. The summed E-state index contributed by atoms with van der Waals surface area (Å²) in [5.41, 5.74) is 3.07. The lowest BCUT2D eigenvalue weighted by Crippen LogP contribution is -2.25. The highest BCUT2D eigenvalue weighted by Crippen LogP contribution is 2.51. The largest absolute Gasteiger partial charge is 0.497 e. The minimum Gasteiger partial charge on any atom is -0.497 e. The van der Waals surface area contributed by atoms with Crippen LogP contribution in [0.5, 0.6) is 11.6 Å². The fourth-order valence-corrected chi connectivity index (χ4v) is 4.91. The Hall–Kier alpha value is -2.38. The predicted molar refractivity (Wildman–Crippen MR) is 119 cm³/mol. The lowest BCUT2D eigenvalue weighted by molar-refractivity contribution is -0.158. The average molecular weight is 428 g/mol. The van der Waals surface area contributed by atoms with E-state index in [-0.39, 0.29) is 18.1 Å². The lowest BCUT2D eigenvalue weighted by atomic mass is 9.93. The van der Waals surface area contributed by atoms with Crippen molar-refractivity contribution in [1.29, 1.82) is 0 Å². The number of rotatable bonds is 7. The number of ether oxygens (including phenoxy) is 4. The molecule has 168 valence electrons. The maximum Gasteiger partial charge on any atom is 0.226 e. The third-order valence-electron chi connectivity index (χ3n) is 6.38. The molecule has 1 aromatic heterocycles. The molecule has 0 amide bonds. The van der Waals surface area contributed by atoms with Gasteiger partial charge >= 0.3 is 0 Å². The van der Waals surface area contributed by atoms with Crippen molar-refractivity contribution < 1.29 is 18.9 Å². The van der Waals surface area contributed by atoms with Crippen LogP contribution < -0.4 is 14.8 Å². The summed E-state index contributed by atoms with van der Waals surface area (Å²) >= 11 is 0. The number of methoxy groups -OCH3 is 2. The molecular formula is C24H33N3O4. The highest BCUT2D eigenvalue weighted by Gasteiger charge is 2.54. The Morgan fingerprint density at radius 2 is 1.77 bits per heavy atom. The summed E-state index contributed by atoms with van der Waals surface area (Å²) in [6.07, 6.45) is 2.14. The quantitative estimate of drug-likeness (QED) is 0.700. The van der Waals surface area contributed by atoms with E-state index in [4.69, 9.17) is 23.9 Å². The van der Waals surface area contributed by atoms with Crippen molar-refractivity contribution in [2.24, 2.45) is 5.92 Å². The van der Waals surface area contributed by atoms with Gasteiger partial charge in [0, 0.05) is 18.0 Å². The van der Waals surface area contributed by atoms with Gasteiger partial charge in [-0.2, -0.15) is 4.98 Å². The second-order valence-electron chi connectivity index (χ2n) is 8.83. The smallest absolute Gasteiger partial charge is 0.226 e. The topological polar surface area (TPSA) is 74.7 Å². The van der Waals surface area contributed by atoms with Gasteiger partial charge in [0.1, 0.15) is 5.75 Å². The van der Waals surface area contributed by atoms with Crippen LogP contribution in [0.4, 0.5) is 5.95 Å². The van der Waals surface area contributed by atoms with E-state index in [1.165, 1.54) is 0 Å². The first-order chi connectivity index (χ1) is 14.8. The van der Waals surface area contributed by atoms with Gasteiger partial charge in [0.2, 0.25) is 11.8 Å². The molecule has 2 fully saturated rings. The third kappa shape index (κ3) is 4.34. The molecule has 4 atom stereocenters. The van der Waals surface area contributed by atoms with Gasteiger partial charge in [0.25, 0.3) is 0 Å². The zero-order valence-electron chi connectivity index (χ0n) is 19.3. The van der Waals surface area contributed by atoms with Crippen LogP contribution in [0.2, 0.25) is 0 Å². The van der Waals surface area contributed by atoms with Gasteiger partial charge < -0.3 is 24.3 Å². The molecule has 7 heteroatoms. The zero-order valence-corrected chi connectivity index (χ0v) is 19.3. The predicted octanol–water partition coefficient (Wildman–Crippen LogP) is 4.45. The molecule has 0 spiro atoms. The van der Waals surface area contributed by atoms with Gasteiger partial charge in [0.05, 0.1) is 32.1 Å². The van der Waals surface area contributed by atoms with Crippen molar-refractivity contribution in [3.8, 4) is 11.6 Å². The maximum atomic E-state index is 6.32. The van der Waals surface area contributed by atoms with Crippen molar-refractivity contribution >= 4 is 5.95 Å². The first kappa shape index (κ1) is 21.8. The first-order valence-corrected chi connectivity index (χ1v) is 11.0. The molecule has 0 bridgehead atoms. The SMILES string of the molecule is CC[C@H]1C[C@@H](c2c(C)nc(NCc3ccc(OC)cc3)nc2OC)[C@@H]2OC(C)(C)O[C@H]12. The summed E-state index contributed by atoms with van der Waals surface area (Å²) in [7, 11) is 3.33. The van der Waals surface area contributed by atoms with Gasteiger partial charge in [-0.1, -0.05) is 25.5 Å². The van der Waals surface area contributed by atoms with Crippen molar-refractivity contribution in [2.45, 2.75) is 71.0 Å². The first-order valence-electron chi connectivity index (χ1n) is 11.0. The highest BCUT2D eigenvalue weighted by atomic mass is 16.8. The number of fused-ring (bicyclic) bond motifs is 1. The normalized spacial score (nSPS) is 26.5. The second kappa shape index (κ2) is 8.63. The van der Waals surface area contributed by atoms with E-state index in [2.05, 4.69) is 17.2 Å². The van der Waals surface area contributed by atoms with Crippen LogP contribution >= 0.6 is 0 Å². The molecule has 31 heavy (non-hydrogen) atoms. The summed E-state index contributed by atoms with van der Waals surface area (Å²) in [4.78, 5) is 9.43. The van der Waals surface area contributed by atoms with Crippen LogP contribution in [-0.4, -0.2) is 42.2 Å². The Morgan fingerprint density at radius 1 is 1.06 bits per heavy atom. The minimum atomic E-state index is -0.566. The lowest BCUT2D eigenvalue weighted by Gasteiger charge is -2.25. The molecular weight excluding hydrogens is 394 g/mol. The number of anilines is 1. The van der Waals surface area contributed by atoms with Crippen molar-refractivity contribution in [2.75, 3.05) is 19.5 Å². The fraction of sp³-hybridized carbons (Fsp3) is 0.583. The third-order valence-corrected chi connectivity index (χ3v) is 6.38. The van der Waals surface area contributed by atoms with Crippen LogP contribution in [0, 0.1) is 12.8 Å². The molecule has 1 saturated carbocycles. The average Bonchev–Trinajstić information content (AvgIpc) is 3.24. The second-order valence-corrected chi connectivity index (χ2v) is 8.83. The van der Waals surface area contributed by atoms with Gasteiger partial charge in [-0.25, -0.2) is 4.98 Å². The number of hydrogen-bond acceptors (Lipinski definition) is 7. The fourth-order valence-electron chi connectivity index (χ4n) is 4.91. The molecule has 1 N–H and O–H groups in total. The van der Waals surface area contributed by atoms with Crippen LogP contribution in [-0.2, 0) is 16.0 Å². The van der Waals surface area contributed by atoms with E-state index in [1.807, 2.05) is 45.0 Å². The van der Waals surface area contributed by atoms with E-state index in [0.717, 1.165) is 35.4 Å². The number of aryl methyl sites for hydroxylation is 1. The monoisotopic (exact) mass is 427 g/mol. The Kier molecular flexibility index (Phi) is 6.08. The molecule has 0 unspecified atom stereocenters. The summed E-state index contributed by atoms with van der Waals surface area (Å²) in [5, 5.41) is 3.31. The zero-order chi connectivity index (χ0) is 22.2. The molecule has 0 radical (unpaired) electrons. The molecule has 2 aliphatic rings. The van der Waals surface area contributed by atoms with E-state index in [9.17, 15) is 0 Å². The van der Waals surface area contributed by atoms with Gasteiger partial charge in [-0.05, 0) is 50.8 Å². The van der Waals surface area contributed by atoms with E-state index in [0.29, 0.717) is 24.3 Å². The molecule has 2 heterocycles. The Bertz CT molecular complexity index is 916. The molecule has 1 aromatic carbocycles. The molecule has 7 nitrogen and oxygen atoms in total. The highest BCUT2D eigenvalue weighted by molar-refractivity contribution is 5.42. The molecule has 1 aliphatic heterocycles. The van der Waals surface area contributed by atoms with Gasteiger partial charge in [-0.15, -0.1) is 0 Å². The van der Waals surface area contributed by atoms with Crippen molar-refractivity contribution in [3.05, 3.63) is 41.1 Å². The Balaban J connectivity index is 1.56. The number of nitrogens with one attached hydrogen (secondary N) is 1. The van der Waals surface area contributed by atoms with Crippen LogP contribution in [0.15, 0.2) is 24.3 Å². The standard InChI is InChI=1S/C24H33N3O4/c1-7-16-12-18(21-20(16)30-24(3,4)31-21)19-14(2)26-23(27-22(19)29-6)25-13-15-8-10-17(28-5)11-9-15/h8-11,16,18,20-21H,7,12-13H2,1-6H3,(H,25,26,27)/t16-,18-,20+,21-/m0/s1. The summed E-state index contributed by atoms with van der Waals surface area (Å²) < 4.78 is 23.5. The molecule has 1 aliphatic carbocycles. The molecule has 1 saturated heterocycles. The van der Waals surface area contributed by atoms with Crippen LogP contribution in [0.3, 0.4) is 0 Å². The van der Waals surface area contributed by atoms with Crippen LogP contribution in [0.25, 0.3) is 0 Å². The maximum absolute atomic E-state index is 6.32. The summed E-state index contributed by atoms with van der Waals surface area (Å²) in [6, 6.07) is 7.93. The van der Waals surface area contributed by atoms with E-state index < -0.39 is 5.79 Å². The summed E-state index contributed by atoms with van der Waals surface area (Å²) in [5.74, 6) is 2.04. The molecule has 4 rings (SSSR count). The Labute approximate surface area is 184 Å². The van der Waals surface area contributed by atoms with Crippen molar-refractivity contribution in [1.82, 2.24) is 9.97 Å². The summed E-state index contributed by atoms with van der Waals surface area (Å²) in [6.45, 7) is 8.83. The van der Waals surface area contributed by atoms with Crippen molar-refractivity contribution in [3.63, 3.8) is 0 Å². The minimum absolute atomic E-state index is 0.00532. The van der Waals surface area contributed by atoms with E-state index >= 15 is 0 Å². The van der Waals surface area contributed by atoms with E-state index in [1.54, 1.807) is 14.2 Å². The molecule has 2 aromatic rings. The Morgan fingerprint density at radius 3 is 2.42 bits per heavy atom. The van der Waals surface area contributed by atoms with Crippen LogP contribution in [0.1, 0.15) is 56.4 Å². The number of nitrogens with zero attached hydrogens (tertiary/aromatic N) is 2. The number of benzene rings is 1.